The topological polar surface area (TPSA) is 53.2 Å². The van der Waals surface area contributed by atoms with Crippen LogP contribution in [0.3, 0.4) is 0 Å². The molecule has 1 aromatic rings. The largest absolute Gasteiger partial charge is 0.504 e. The fourth-order valence-corrected chi connectivity index (χ4v) is 0.689. The molecule has 11 heavy (non-hydrogen) atoms. The van der Waals surface area contributed by atoms with E-state index in [0.717, 1.165) is 0 Å². The van der Waals surface area contributed by atoms with Gasteiger partial charge in [-0.3, -0.25) is 0 Å². The molecule has 0 radical (unpaired) electrons. The maximum atomic E-state index is 9.10. The summed E-state index contributed by atoms with van der Waals surface area (Å²) >= 11 is 0. The number of hydrogen-bond donors (Lipinski definition) is 1. The molecule has 0 fully saturated rings. The molecule has 0 aliphatic carbocycles. The fourth-order valence-electron chi connectivity index (χ4n) is 0.689. The van der Waals surface area contributed by atoms with Crippen LogP contribution in [0.5, 0.6) is 11.5 Å². The molecule has 0 saturated heterocycles. The molecule has 0 amide bonds. The quantitative estimate of drug-likeness (QED) is 0.689. The minimum Gasteiger partial charge on any atom is -0.504 e. The van der Waals surface area contributed by atoms with Crippen LogP contribution in [0.2, 0.25) is 0 Å². The van der Waals surface area contributed by atoms with Crippen molar-refractivity contribution in [2.45, 2.75) is 0 Å². The average molecular weight is 149 g/mol. The van der Waals surface area contributed by atoms with Gasteiger partial charge in [0.1, 0.15) is 6.07 Å². The molecule has 0 saturated carbocycles. The van der Waals surface area contributed by atoms with Gasteiger partial charge in [0, 0.05) is 0 Å². The monoisotopic (exact) mass is 149 g/mol. The Balaban J connectivity index is 2.71. The molecule has 1 rings (SSSR count). The van der Waals surface area contributed by atoms with Crippen molar-refractivity contribution in [3.05, 3.63) is 24.3 Å². The maximum absolute atomic E-state index is 9.10. The predicted molar refractivity (Wildman–Crippen MR) is 39.2 cm³/mol. The fraction of sp³-hybridized carbons (Fsp3) is 0.125. The number of para-hydroxylation sites is 2. The summed E-state index contributed by atoms with van der Waals surface area (Å²) in [7, 11) is 0. The van der Waals surface area contributed by atoms with Crippen LogP contribution in [0.15, 0.2) is 24.3 Å². The minimum absolute atomic E-state index is 0.0441. The molecule has 1 N–H and O–H groups in total. The zero-order chi connectivity index (χ0) is 8.10. The van der Waals surface area contributed by atoms with E-state index in [0.29, 0.717) is 5.75 Å². The molecule has 0 bridgehead atoms. The van der Waals surface area contributed by atoms with Crippen molar-refractivity contribution in [3.63, 3.8) is 0 Å². The van der Waals surface area contributed by atoms with E-state index in [9.17, 15) is 0 Å². The second-order valence-corrected chi connectivity index (χ2v) is 1.91. The average Bonchev–Trinajstić information content (AvgIpc) is 2.03. The van der Waals surface area contributed by atoms with E-state index in [2.05, 4.69) is 0 Å². The van der Waals surface area contributed by atoms with Crippen LogP contribution >= 0.6 is 0 Å². The van der Waals surface area contributed by atoms with Crippen LogP contribution in [-0.4, -0.2) is 11.7 Å². The number of rotatable bonds is 2. The molecule has 0 atom stereocenters. The highest BCUT2D eigenvalue weighted by Gasteiger charge is 1.97. The van der Waals surface area contributed by atoms with Gasteiger partial charge in [-0.1, -0.05) is 12.1 Å². The Morgan fingerprint density at radius 2 is 2.18 bits per heavy atom. The Labute approximate surface area is 64.5 Å². The maximum Gasteiger partial charge on any atom is 0.174 e. The number of benzene rings is 1. The van der Waals surface area contributed by atoms with Crippen molar-refractivity contribution < 1.29 is 9.84 Å². The number of aromatic hydroxyl groups is 1. The summed E-state index contributed by atoms with van der Waals surface area (Å²) in [5.41, 5.74) is 0. The van der Waals surface area contributed by atoms with Gasteiger partial charge in [-0.05, 0) is 12.1 Å². The van der Waals surface area contributed by atoms with Gasteiger partial charge in [0.15, 0.2) is 18.1 Å². The van der Waals surface area contributed by atoms with Gasteiger partial charge in [0.05, 0.1) is 0 Å². The number of nitriles is 1. The highest BCUT2D eigenvalue weighted by atomic mass is 16.5. The van der Waals surface area contributed by atoms with Crippen molar-refractivity contribution in [3.8, 4) is 17.6 Å². The number of hydrogen-bond acceptors (Lipinski definition) is 3. The normalized spacial score (nSPS) is 8.64. The lowest BCUT2D eigenvalue weighted by atomic mass is 10.3. The van der Waals surface area contributed by atoms with Crippen molar-refractivity contribution in [2.24, 2.45) is 0 Å². The number of phenolic OH excluding ortho intramolecular Hbond substituents is 1. The van der Waals surface area contributed by atoms with Crippen molar-refractivity contribution in [2.75, 3.05) is 6.61 Å². The van der Waals surface area contributed by atoms with E-state index in [1.807, 2.05) is 6.07 Å². The Morgan fingerprint density at radius 1 is 1.45 bits per heavy atom. The standard InChI is InChI=1S/C8H7NO2/c9-5-6-11-8-4-2-1-3-7(8)10/h1-4,10H,6H2. The first-order chi connectivity index (χ1) is 5.34. The molecule has 0 aliphatic heterocycles. The lowest BCUT2D eigenvalue weighted by Crippen LogP contribution is -1.92. The van der Waals surface area contributed by atoms with Gasteiger partial charge < -0.3 is 9.84 Å². The number of ether oxygens (including phenoxy) is 1. The van der Waals surface area contributed by atoms with E-state index in [-0.39, 0.29) is 12.4 Å². The molecule has 0 aromatic heterocycles. The molecule has 0 heterocycles. The van der Waals surface area contributed by atoms with Crippen LogP contribution in [0.25, 0.3) is 0 Å². The van der Waals surface area contributed by atoms with Crippen molar-refractivity contribution in [1.82, 2.24) is 0 Å². The Kier molecular flexibility index (Phi) is 2.34. The van der Waals surface area contributed by atoms with Crippen LogP contribution in [0.1, 0.15) is 0 Å². The second kappa shape index (κ2) is 3.47. The molecule has 56 valence electrons. The molecular formula is C8H7NO2. The third-order valence-electron chi connectivity index (χ3n) is 1.16. The van der Waals surface area contributed by atoms with Gasteiger partial charge in [-0.25, -0.2) is 0 Å². The van der Waals surface area contributed by atoms with Crippen molar-refractivity contribution in [1.29, 1.82) is 5.26 Å². The molecular weight excluding hydrogens is 142 g/mol. The predicted octanol–water partition coefficient (Wildman–Crippen LogP) is 1.29. The van der Waals surface area contributed by atoms with E-state index in [4.69, 9.17) is 15.1 Å². The van der Waals surface area contributed by atoms with Crippen molar-refractivity contribution >= 4 is 0 Å². The first kappa shape index (κ1) is 7.42. The summed E-state index contributed by atoms with van der Waals surface area (Å²) in [5, 5.41) is 17.3. The first-order valence-electron chi connectivity index (χ1n) is 3.12. The van der Waals surface area contributed by atoms with Crippen LogP contribution in [-0.2, 0) is 0 Å². The zero-order valence-electron chi connectivity index (χ0n) is 5.82. The molecule has 1 aromatic carbocycles. The minimum atomic E-state index is -0.0441. The van der Waals surface area contributed by atoms with Crippen LogP contribution in [0, 0.1) is 11.3 Å². The Hall–Kier alpha value is -1.69. The van der Waals surface area contributed by atoms with Crippen LogP contribution < -0.4 is 4.74 Å². The summed E-state index contributed by atoms with van der Waals surface area (Å²) in [6, 6.07) is 8.34. The van der Waals surface area contributed by atoms with Gasteiger partial charge in [-0.2, -0.15) is 5.26 Å². The second-order valence-electron chi connectivity index (χ2n) is 1.91. The lowest BCUT2D eigenvalue weighted by Gasteiger charge is -2.01. The smallest absolute Gasteiger partial charge is 0.174 e. The summed E-state index contributed by atoms with van der Waals surface area (Å²) in [5.74, 6) is 0.400. The summed E-state index contributed by atoms with van der Waals surface area (Å²) < 4.78 is 4.87. The molecule has 0 aliphatic rings. The summed E-state index contributed by atoms with van der Waals surface area (Å²) in [6.07, 6.45) is 0. The highest BCUT2D eigenvalue weighted by molar-refractivity contribution is 5.37. The molecule has 0 spiro atoms. The third kappa shape index (κ3) is 1.87. The summed E-state index contributed by atoms with van der Waals surface area (Å²) in [6.45, 7) is -0.0441. The van der Waals surface area contributed by atoms with E-state index < -0.39 is 0 Å². The highest BCUT2D eigenvalue weighted by Crippen LogP contribution is 2.23. The lowest BCUT2D eigenvalue weighted by molar-refractivity contribution is 0.340. The van der Waals surface area contributed by atoms with E-state index in [1.54, 1.807) is 18.2 Å². The van der Waals surface area contributed by atoms with E-state index in [1.165, 1.54) is 6.07 Å². The van der Waals surface area contributed by atoms with E-state index >= 15 is 0 Å². The summed E-state index contributed by atoms with van der Waals surface area (Å²) in [4.78, 5) is 0. The molecule has 3 nitrogen and oxygen atoms in total. The SMILES string of the molecule is N#CCOc1ccccc1O. The first-order valence-corrected chi connectivity index (χ1v) is 3.12. The van der Waals surface area contributed by atoms with Gasteiger partial charge >= 0.3 is 0 Å². The van der Waals surface area contributed by atoms with Crippen LogP contribution in [0.4, 0.5) is 0 Å². The van der Waals surface area contributed by atoms with Gasteiger partial charge in [-0.15, -0.1) is 0 Å². The Bertz CT molecular complexity index is 278. The third-order valence-corrected chi connectivity index (χ3v) is 1.16. The molecule has 0 unspecified atom stereocenters. The number of nitrogens with zero attached hydrogens (tertiary/aromatic N) is 1. The van der Waals surface area contributed by atoms with Gasteiger partial charge in [0.2, 0.25) is 0 Å². The number of phenols is 1. The Morgan fingerprint density at radius 3 is 2.82 bits per heavy atom. The van der Waals surface area contributed by atoms with Gasteiger partial charge in [0.25, 0.3) is 0 Å². The molecule has 3 heteroatoms. The zero-order valence-corrected chi connectivity index (χ0v) is 5.82.